The highest BCUT2D eigenvalue weighted by atomic mass is 35.5. The maximum atomic E-state index is 13.0. The summed E-state index contributed by atoms with van der Waals surface area (Å²) in [4.78, 5) is 14.6. The lowest BCUT2D eigenvalue weighted by atomic mass is 9.94. The van der Waals surface area contributed by atoms with Gasteiger partial charge in [0, 0.05) is 13.1 Å². The number of nitrogens with zero attached hydrogens (tertiary/aromatic N) is 3. The molecule has 0 bridgehead atoms. The van der Waals surface area contributed by atoms with E-state index in [1.807, 2.05) is 7.05 Å². The van der Waals surface area contributed by atoms with Gasteiger partial charge in [-0.2, -0.15) is 5.10 Å². The second-order valence-electron chi connectivity index (χ2n) is 6.34. The van der Waals surface area contributed by atoms with Gasteiger partial charge in [-0.3, -0.25) is 4.79 Å². The Morgan fingerprint density at radius 1 is 1.25 bits per heavy atom. The maximum absolute atomic E-state index is 13.0. The average molecular weight is 350 g/mol. The van der Waals surface area contributed by atoms with Crippen LogP contribution in [0.4, 0.5) is 10.1 Å². The van der Waals surface area contributed by atoms with Crippen LogP contribution in [0.2, 0.25) is 5.02 Å². The highest BCUT2D eigenvalue weighted by Gasteiger charge is 2.22. The second kappa shape index (κ2) is 7.34. The summed E-state index contributed by atoms with van der Waals surface area (Å²) in [6.07, 6.45) is 7.58. The zero-order chi connectivity index (χ0) is 17.1. The number of hydrogen-bond acceptors (Lipinski definition) is 3. The largest absolute Gasteiger partial charge is 0.369 e. The van der Waals surface area contributed by atoms with Crippen LogP contribution in [0.25, 0.3) is 0 Å². The first-order valence-electron chi connectivity index (χ1n) is 8.29. The minimum Gasteiger partial charge on any atom is -0.369 e. The number of halogens is 2. The van der Waals surface area contributed by atoms with Crippen LogP contribution in [0, 0.1) is 5.82 Å². The molecule has 1 saturated carbocycles. The van der Waals surface area contributed by atoms with Crippen molar-refractivity contribution in [2.24, 2.45) is 0 Å². The molecule has 0 N–H and O–H groups in total. The van der Waals surface area contributed by atoms with Crippen molar-refractivity contribution in [3.05, 3.63) is 57.2 Å². The number of rotatable bonds is 4. The molecule has 0 aliphatic heterocycles. The van der Waals surface area contributed by atoms with Crippen LogP contribution in [0.5, 0.6) is 0 Å². The van der Waals surface area contributed by atoms with Crippen LogP contribution in [0.15, 0.2) is 35.3 Å². The smallest absolute Gasteiger partial charge is 0.287 e. The van der Waals surface area contributed by atoms with Crippen LogP contribution in [-0.2, 0) is 6.54 Å². The Labute approximate surface area is 145 Å². The molecule has 128 valence electrons. The van der Waals surface area contributed by atoms with Gasteiger partial charge in [0.05, 0.1) is 18.4 Å². The Balaban J connectivity index is 1.83. The molecule has 6 heteroatoms. The van der Waals surface area contributed by atoms with Crippen LogP contribution in [0.3, 0.4) is 0 Å². The van der Waals surface area contributed by atoms with E-state index in [9.17, 15) is 9.18 Å². The molecule has 0 spiro atoms. The van der Waals surface area contributed by atoms with E-state index < -0.39 is 0 Å². The van der Waals surface area contributed by atoms with Crippen molar-refractivity contribution in [3.8, 4) is 0 Å². The molecule has 0 radical (unpaired) electrons. The predicted molar refractivity (Wildman–Crippen MR) is 94.3 cm³/mol. The van der Waals surface area contributed by atoms with Crippen molar-refractivity contribution in [2.45, 2.75) is 44.7 Å². The van der Waals surface area contributed by atoms with E-state index >= 15 is 0 Å². The van der Waals surface area contributed by atoms with E-state index in [1.165, 1.54) is 36.1 Å². The molecule has 1 aromatic carbocycles. The Kier molecular flexibility index (Phi) is 5.19. The SMILES string of the molecule is CN(c1cnn(Cc2ccc(F)cc2)c(=O)c1Cl)C1CCCCC1. The summed E-state index contributed by atoms with van der Waals surface area (Å²) < 4.78 is 14.3. The van der Waals surface area contributed by atoms with E-state index in [0.717, 1.165) is 18.4 Å². The van der Waals surface area contributed by atoms with Gasteiger partial charge >= 0.3 is 0 Å². The summed E-state index contributed by atoms with van der Waals surface area (Å²) in [7, 11) is 1.97. The van der Waals surface area contributed by atoms with E-state index in [-0.39, 0.29) is 22.9 Å². The molecular weight excluding hydrogens is 329 g/mol. The fourth-order valence-electron chi connectivity index (χ4n) is 3.24. The van der Waals surface area contributed by atoms with Crippen molar-refractivity contribution in [1.29, 1.82) is 0 Å². The first-order chi connectivity index (χ1) is 11.6. The maximum Gasteiger partial charge on any atom is 0.287 e. The van der Waals surface area contributed by atoms with Crippen molar-refractivity contribution in [2.75, 3.05) is 11.9 Å². The average Bonchev–Trinajstić information content (AvgIpc) is 2.61. The number of benzene rings is 1. The molecule has 1 aliphatic rings. The third-order valence-corrected chi connectivity index (χ3v) is 5.07. The summed E-state index contributed by atoms with van der Waals surface area (Å²) in [5, 5.41) is 4.45. The van der Waals surface area contributed by atoms with Crippen LogP contribution < -0.4 is 10.5 Å². The molecule has 1 aliphatic carbocycles. The molecule has 24 heavy (non-hydrogen) atoms. The Morgan fingerprint density at radius 2 is 1.92 bits per heavy atom. The lowest BCUT2D eigenvalue weighted by Crippen LogP contribution is -2.35. The highest BCUT2D eigenvalue weighted by Crippen LogP contribution is 2.28. The van der Waals surface area contributed by atoms with Crippen LogP contribution >= 0.6 is 11.6 Å². The van der Waals surface area contributed by atoms with Gasteiger partial charge in [0.15, 0.2) is 0 Å². The first-order valence-corrected chi connectivity index (χ1v) is 8.67. The summed E-state index contributed by atoms with van der Waals surface area (Å²) in [6, 6.07) is 6.42. The normalized spacial score (nSPS) is 15.5. The van der Waals surface area contributed by atoms with E-state index in [4.69, 9.17) is 11.6 Å². The van der Waals surface area contributed by atoms with Gasteiger partial charge in [-0.25, -0.2) is 9.07 Å². The lowest BCUT2D eigenvalue weighted by molar-refractivity contribution is 0.427. The Bertz CT molecular complexity index is 754. The third kappa shape index (κ3) is 3.61. The van der Waals surface area contributed by atoms with Crippen molar-refractivity contribution in [1.82, 2.24) is 9.78 Å². The standard InChI is InChI=1S/C18H21ClFN3O/c1-22(15-5-3-2-4-6-15)16-11-21-23(18(24)17(16)19)12-13-7-9-14(20)10-8-13/h7-11,15H,2-6,12H2,1H3. The van der Waals surface area contributed by atoms with Gasteiger partial charge in [0.2, 0.25) is 0 Å². The topological polar surface area (TPSA) is 38.1 Å². The second-order valence-corrected chi connectivity index (χ2v) is 6.71. The van der Waals surface area contributed by atoms with Gasteiger partial charge in [-0.05, 0) is 30.5 Å². The van der Waals surface area contributed by atoms with Gasteiger partial charge in [-0.1, -0.05) is 43.0 Å². The molecule has 1 aromatic heterocycles. The summed E-state index contributed by atoms with van der Waals surface area (Å²) in [5.41, 5.74) is 1.17. The first kappa shape index (κ1) is 17.0. The highest BCUT2D eigenvalue weighted by molar-refractivity contribution is 6.33. The summed E-state index contributed by atoms with van der Waals surface area (Å²) in [5.74, 6) is -0.304. The molecule has 0 amide bonds. The van der Waals surface area contributed by atoms with Gasteiger partial charge in [-0.15, -0.1) is 0 Å². The predicted octanol–water partition coefficient (Wildman–Crippen LogP) is 3.85. The molecule has 0 unspecified atom stereocenters. The van der Waals surface area contributed by atoms with Crippen molar-refractivity contribution >= 4 is 17.3 Å². The lowest BCUT2D eigenvalue weighted by Gasteiger charge is -2.33. The molecule has 2 aromatic rings. The zero-order valence-electron chi connectivity index (χ0n) is 13.7. The number of aromatic nitrogens is 2. The molecule has 3 rings (SSSR count). The minimum absolute atomic E-state index is 0.195. The van der Waals surface area contributed by atoms with Crippen LogP contribution in [0.1, 0.15) is 37.7 Å². The zero-order valence-corrected chi connectivity index (χ0v) is 14.5. The Hall–Kier alpha value is -1.88. The molecule has 4 nitrogen and oxygen atoms in total. The number of hydrogen-bond donors (Lipinski definition) is 0. The van der Waals surface area contributed by atoms with E-state index in [0.29, 0.717) is 11.7 Å². The fraction of sp³-hybridized carbons (Fsp3) is 0.444. The fourth-order valence-corrected chi connectivity index (χ4v) is 3.52. The van der Waals surface area contributed by atoms with Gasteiger partial charge in [0.1, 0.15) is 10.8 Å². The van der Waals surface area contributed by atoms with Crippen LogP contribution in [-0.4, -0.2) is 22.9 Å². The third-order valence-electron chi connectivity index (χ3n) is 4.71. The molecule has 0 saturated heterocycles. The van der Waals surface area contributed by atoms with E-state index in [1.54, 1.807) is 18.3 Å². The molecular formula is C18H21ClFN3O. The van der Waals surface area contributed by atoms with Crippen molar-refractivity contribution < 1.29 is 4.39 Å². The quantitative estimate of drug-likeness (QED) is 0.841. The molecule has 0 atom stereocenters. The molecule has 1 heterocycles. The summed E-state index contributed by atoms with van der Waals surface area (Å²) >= 11 is 6.33. The summed E-state index contributed by atoms with van der Waals surface area (Å²) in [6.45, 7) is 0.270. The Morgan fingerprint density at radius 3 is 2.58 bits per heavy atom. The minimum atomic E-state index is -0.318. The van der Waals surface area contributed by atoms with Crippen molar-refractivity contribution in [3.63, 3.8) is 0 Å². The molecule has 1 fully saturated rings. The monoisotopic (exact) mass is 349 g/mol. The van der Waals surface area contributed by atoms with Gasteiger partial charge in [0.25, 0.3) is 5.56 Å². The van der Waals surface area contributed by atoms with E-state index in [2.05, 4.69) is 10.00 Å². The number of anilines is 1. The van der Waals surface area contributed by atoms with Gasteiger partial charge < -0.3 is 4.90 Å².